The molecule has 0 aliphatic carbocycles. The lowest BCUT2D eigenvalue weighted by atomic mass is 9.91. The molecule has 0 radical (unpaired) electrons. The Morgan fingerprint density at radius 3 is 2.12 bits per heavy atom. The summed E-state index contributed by atoms with van der Waals surface area (Å²) in [4.78, 5) is 12.4. The molecule has 24 heavy (non-hydrogen) atoms. The SMILES string of the molecule is Cl.O=C(NCC(c1ccccc1)c1ccccc1)C1CCCNC1. The van der Waals surface area contributed by atoms with E-state index in [4.69, 9.17) is 0 Å². The first-order valence-corrected chi connectivity index (χ1v) is 8.43. The van der Waals surface area contributed by atoms with Crippen LogP contribution in [0.1, 0.15) is 29.9 Å². The maximum atomic E-state index is 12.4. The van der Waals surface area contributed by atoms with E-state index < -0.39 is 0 Å². The molecule has 3 nitrogen and oxygen atoms in total. The van der Waals surface area contributed by atoms with Crippen LogP contribution < -0.4 is 10.6 Å². The first kappa shape index (κ1) is 18.5. The highest BCUT2D eigenvalue weighted by Gasteiger charge is 2.22. The van der Waals surface area contributed by atoms with E-state index in [1.165, 1.54) is 11.1 Å². The fraction of sp³-hybridized carbons (Fsp3) is 0.350. The summed E-state index contributed by atoms with van der Waals surface area (Å²) in [6, 6.07) is 20.8. The number of nitrogens with one attached hydrogen (secondary N) is 2. The molecule has 2 N–H and O–H groups in total. The van der Waals surface area contributed by atoms with Gasteiger partial charge >= 0.3 is 0 Å². The number of rotatable bonds is 5. The van der Waals surface area contributed by atoms with Gasteiger partial charge in [0.15, 0.2) is 0 Å². The lowest BCUT2D eigenvalue weighted by Crippen LogP contribution is -2.41. The number of carbonyl (C=O) groups excluding carboxylic acids is 1. The molecular weight excluding hydrogens is 320 g/mol. The van der Waals surface area contributed by atoms with Gasteiger partial charge in [-0.1, -0.05) is 60.7 Å². The molecule has 2 aromatic rings. The Morgan fingerprint density at radius 1 is 1.04 bits per heavy atom. The van der Waals surface area contributed by atoms with Crippen molar-refractivity contribution in [2.24, 2.45) is 5.92 Å². The van der Waals surface area contributed by atoms with Crippen molar-refractivity contribution in [3.05, 3.63) is 71.8 Å². The Hall–Kier alpha value is -1.84. The Kier molecular flexibility index (Phi) is 7.29. The summed E-state index contributed by atoms with van der Waals surface area (Å²) >= 11 is 0. The van der Waals surface area contributed by atoms with Crippen molar-refractivity contribution in [1.82, 2.24) is 10.6 Å². The monoisotopic (exact) mass is 344 g/mol. The van der Waals surface area contributed by atoms with Crippen molar-refractivity contribution in [2.45, 2.75) is 18.8 Å². The lowest BCUT2D eigenvalue weighted by molar-refractivity contribution is -0.125. The molecule has 1 amide bonds. The molecule has 1 unspecified atom stereocenters. The standard InChI is InChI=1S/C20H24N2O.ClH/c23-20(18-12-7-13-21-14-18)22-15-19(16-8-3-1-4-9-16)17-10-5-2-6-11-17;/h1-6,8-11,18-19,21H,7,12-15H2,(H,22,23);1H. The number of piperidine rings is 1. The van der Waals surface area contributed by atoms with Crippen molar-refractivity contribution in [3.8, 4) is 0 Å². The lowest BCUT2D eigenvalue weighted by Gasteiger charge is -2.24. The van der Waals surface area contributed by atoms with Gasteiger partial charge in [-0.2, -0.15) is 0 Å². The van der Waals surface area contributed by atoms with E-state index in [9.17, 15) is 4.79 Å². The van der Waals surface area contributed by atoms with Gasteiger partial charge < -0.3 is 10.6 Å². The zero-order chi connectivity index (χ0) is 15.9. The maximum absolute atomic E-state index is 12.4. The third-order valence-electron chi connectivity index (χ3n) is 4.55. The van der Waals surface area contributed by atoms with E-state index in [0.717, 1.165) is 25.9 Å². The molecule has 1 saturated heterocycles. The zero-order valence-corrected chi connectivity index (χ0v) is 14.6. The number of carbonyl (C=O) groups is 1. The topological polar surface area (TPSA) is 41.1 Å². The number of amides is 1. The van der Waals surface area contributed by atoms with Gasteiger partial charge in [-0.05, 0) is 30.5 Å². The molecule has 0 saturated carbocycles. The van der Waals surface area contributed by atoms with Gasteiger partial charge in [0.25, 0.3) is 0 Å². The molecule has 2 aromatic carbocycles. The van der Waals surface area contributed by atoms with Gasteiger partial charge in [0.1, 0.15) is 0 Å². The Bertz CT molecular complexity index is 573. The summed E-state index contributed by atoms with van der Waals surface area (Å²) in [5.74, 6) is 0.475. The number of halogens is 1. The summed E-state index contributed by atoms with van der Waals surface area (Å²) in [6.45, 7) is 2.47. The van der Waals surface area contributed by atoms with E-state index in [1.807, 2.05) is 12.1 Å². The van der Waals surface area contributed by atoms with Gasteiger partial charge in [-0.15, -0.1) is 12.4 Å². The van der Waals surface area contributed by atoms with Crippen molar-refractivity contribution in [2.75, 3.05) is 19.6 Å². The summed E-state index contributed by atoms with van der Waals surface area (Å²) in [5, 5.41) is 6.48. The molecule has 1 aliphatic heterocycles. The third-order valence-corrected chi connectivity index (χ3v) is 4.55. The van der Waals surface area contributed by atoms with Crippen LogP contribution in [0.3, 0.4) is 0 Å². The second kappa shape index (κ2) is 9.45. The maximum Gasteiger partial charge on any atom is 0.224 e. The van der Waals surface area contributed by atoms with Gasteiger partial charge in [0.05, 0.1) is 5.92 Å². The second-order valence-corrected chi connectivity index (χ2v) is 6.16. The number of hydrogen-bond donors (Lipinski definition) is 2. The molecule has 1 heterocycles. The van der Waals surface area contributed by atoms with Crippen molar-refractivity contribution >= 4 is 18.3 Å². The highest BCUT2D eigenvalue weighted by molar-refractivity contribution is 5.85. The van der Waals surface area contributed by atoms with Crippen LogP contribution in [0.15, 0.2) is 60.7 Å². The largest absolute Gasteiger partial charge is 0.355 e. The summed E-state index contributed by atoms with van der Waals surface area (Å²) in [5.41, 5.74) is 2.47. The van der Waals surface area contributed by atoms with Crippen LogP contribution in [0.2, 0.25) is 0 Å². The fourth-order valence-corrected chi connectivity index (χ4v) is 3.22. The zero-order valence-electron chi connectivity index (χ0n) is 13.8. The van der Waals surface area contributed by atoms with Crippen LogP contribution in [0.25, 0.3) is 0 Å². The molecule has 4 heteroatoms. The number of benzene rings is 2. The quantitative estimate of drug-likeness (QED) is 0.873. The first-order chi connectivity index (χ1) is 11.3. The summed E-state index contributed by atoms with van der Waals surface area (Å²) in [6.07, 6.45) is 2.07. The Morgan fingerprint density at radius 2 is 1.62 bits per heavy atom. The minimum Gasteiger partial charge on any atom is -0.355 e. The predicted molar refractivity (Wildman–Crippen MR) is 101 cm³/mol. The van der Waals surface area contributed by atoms with E-state index >= 15 is 0 Å². The average Bonchev–Trinajstić information content (AvgIpc) is 2.64. The molecule has 1 aliphatic rings. The Balaban J connectivity index is 0.00000208. The molecule has 0 spiro atoms. The summed E-state index contributed by atoms with van der Waals surface area (Å²) < 4.78 is 0. The van der Waals surface area contributed by atoms with Gasteiger partial charge in [-0.25, -0.2) is 0 Å². The smallest absolute Gasteiger partial charge is 0.224 e. The van der Waals surface area contributed by atoms with E-state index in [0.29, 0.717) is 6.54 Å². The highest BCUT2D eigenvalue weighted by Crippen LogP contribution is 2.24. The first-order valence-electron chi connectivity index (χ1n) is 8.43. The summed E-state index contributed by atoms with van der Waals surface area (Å²) in [7, 11) is 0. The minimum atomic E-state index is 0. The molecule has 0 bridgehead atoms. The molecule has 1 atom stereocenters. The minimum absolute atomic E-state index is 0. The molecule has 0 aromatic heterocycles. The van der Waals surface area contributed by atoms with Crippen LogP contribution in [0, 0.1) is 5.92 Å². The highest BCUT2D eigenvalue weighted by atomic mass is 35.5. The van der Waals surface area contributed by atoms with Crippen LogP contribution in [-0.4, -0.2) is 25.5 Å². The molecule has 128 valence electrons. The average molecular weight is 345 g/mol. The third kappa shape index (κ3) is 4.83. The van der Waals surface area contributed by atoms with E-state index in [-0.39, 0.29) is 30.2 Å². The van der Waals surface area contributed by atoms with Gasteiger partial charge in [-0.3, -0.25) is 4.79 Å². The van der Waals surface area contributed by atoms with E-state index in [2.05, 4.69) is 59.2 Å². The van der Waals surface area contributed by atoms with Gasteiger partial charge in [0.2, 0.25) is 5.91 Å². The van der Waals surface area contributed by atoms with Crippen LogP contribution in [-0.2, 0) is 4.79 Å². The predicted octanol–water partition coefficient (Wildman–Crippen LogP) is 3.36. The number of hydrogen-bond acceptors (Lipinski definition) is 2. The van der Waals surface area contributed by atoms with E-state index in [1.54, 1.807) is 0 Å². The molecule has 3 rings (SSSR count). The van der Waals surface area contributed by atoms with Crippen LogP contribution in [0.4, 0.5) is 0 Å². The van der Waals surface area contributed by atoms with Crippen LogP contribution >= 0.6 is 12.4 Å². The normalized spacial score (nSPS) is 17.1. The molecule has 1 fully saturated rings. The Labute approximate surface area is 150 Å². The van der Waals surface area contributed by atoms with Crippen molar-refractivity contribution in [1.29, 1.82) is 0 Å². The fourth-order valence-electron chi connectivity index (χ4n) is 3.22. The van der Waals surface area contributed by atoms with Gasteiger partial charge in [0, 0.05) is 19.0 Å². The van der Waals surface area contributed by atoms with Crippen molar-refractivity contribution in [3.63, 3.8) is 0 Å². The van der Waals surface area contributed by atoms with Crippen LogP contribution in [0.5, 0.6) is 0 Å². The molecular formula is C20H25ClN2O. The van der Waals surface area contributed by atoms with Crippen molar-refractivity contribution < 1.29 is 4.79 Å². The second-order valence-electron chi connectivity index (χ2n) is 6.16.